The van der Waals surface area contributed by atoms with E-state index in [1.165, 1.54) is 12.1 Å². The van der Waals surface area contributed by atoms with Crippen molar-refractivity contribution in [2.45, 2.75) is 19.1 Å². The molecular formula is C22H20FN3O. The van der Waals surface area contributed by atoms with Gasteiger partial charge in [-0.15, -0.1) is 0 Å². The molecule has 5 rings (SSSR count). The van der Waals surface area contributed by atoms with Crippen molar-refractivity contribution in [3.05, 3.63) is 89.5 Å². The molecule has 0 spiro atoms. The topological polar surface area (TPSA) is 28.5 Å². The van der Waals surface area contributed by atoms with Gasteiger partial charge in [-0.3, -0.25) is 9.69 Å². The summed E-state index contributed by atoms with van der Waals surface area (Å²) in [4.78, 5) is 17.1. The normalized spacial score (nSPS) is 19.2. The Morgan fingerprint density at radius 2 is 1.78 bits per heavy atom. The largest absolute Gasteiger partial charge is 0.327 e. The van der Waals surface area contributed by atoms with E-state index in [4.69, 9.17) is 0 Å². The Morgan fingerprint density at radius 1 is 0.963 bits per heavy atom. The highest BCUT2D eigenvalue weighted by atomic mass is 19.1. The number of rotatable bonds is 2. The fourth-order valence-electron chi connectivity index (χ4n) is 4.23. The Kier molecular flexibility index (Phi) is 3.83. The predicted octanol–water partition coefficient (Wildman–Crippen LogP) is 3.52. The molecule has 27 heavy (non-hydrogen) atoms. The molecule has 1 unspecified atom stereocenters. The molecule has 1 aromatic heterocycles. The zero-order chi connectivity index (χ0) is 18.4. The molecule has 5 heteroatoms. The van der Waals surface area contributed by atoms with Gasteiger partial charge in [0.2, 0.25) is 5.91 Å². The van der Waals surface area contributed by atoms with E-state index in [0.717, 1.165) is 29.1 Å². The zero-order valence-electron chi connectivity index (χ0n) is 14.9. The van der Waals surface area contributed by atoms with Crippen LogP contribution in [-0.2, 0) is 17.9 Å². The maximum atomic E-state index is 13.2. The van der Waals surface area contributed by atoms with E-state index in [-0.39, 0.29) is 17.8 Å². The quantitative estimate of drug-likeness (QED) is 0.699. The molecule has 1 fully saturated rings. The summed E-state index contributed by atoms with van der Waals surface area (Å²) in [6, 6.07) is 18.9. The molecule has 2 aromatic carbocycles. The van der Waals surface area contributed by atoms with Gasteiger partial charge in [-0.1, -0.05) is 30.3 Å². The molecule has 3 aromatic rings. The lowest BCUT2D eigenvalue weighted by Gasteiger charge is -2.40. The van der Waals surface area contributed by atoms with E-state index in [9.17, 15) is 9.18 Å². The fourth-order valence-corrected chi connectivity index (χ4v) is 4.23. The van der Waals surface area contributed by atoms with Crippen LogP contribution in [0, 0.1) is 5.82 Å². The van der Waals surface area contributed by atoms with Crippen molar-refractivity contribution in [3.63, 3.8) is 0 Å². The summed E-state index contributed by atoms with van der Waals surface area (Å²) >= 11 is 0. The Labute approximate surface area is 157 Å². The number of halogens is 1. The van der Waals surface area contributed by atoms with Gasteiger partial charge < -0.3 is 9.47 Å². The van der Waals surface area contributed by atoms with Crippen LogP contribution < -0.4 is 0 Å². The highest BCUT2D eigenvalue weighted by molar-refractivity contribution is 5.80. The van der Waals surface area contributed by atoms with Crippen LogP contribution in [0.2, 0.25) is 0 Å². The molecular weight excluding hydrogens is 341 g/mol. The predicted molar refractivity (Wildman–Crippen MR) is 101 cm³/mol. The number of hydrogen-bond acceptors (Lipinski definition) is 2. The lowest BCUT2D eigenvalue weighted by atomic mass is 10.1. The van der Waals surface area contributed by atoms with Crippen molar-refractivity contribution in [2.24, 2.45) is 0 Å². The molecule has 3 heterocycles. The summed E-state index contributed by atoms with van der Waals surface area (Å²) < 4.78 is 15.4. The van der Waals surface area contributed by atoms with Crippen LogP contribution in [0.1, 0.15) is 22.9 Å². The first kappa shape index (κ1) is 16.3. The van der Waals surface area contributed by atoms with Crippen molar-refractivity contribution in [1.82, 2.24) is 14.4 Å². The first-order chi connectivity index (χ1) is 13.2. The van der Waals surface area contributed by atoms with Crippen molar-refractivity contribution >= 4 is 5.91 Å². The zero-order valence-corrected chi connectivity index (χ0v) is 14.9. The third-order valence-electron chi connectivity index (χ3n) is 5.52. The van der Waals surface area contributed by atoms with Gasteiger partial charge in [-0.05, 0) is 41.5 Å². The summed E-state index contributed by atoms with van der Waals surface area (Å²) in [6.45, 7) is 2.42. The molecule has 0 bridgehead atoms. The number of aromatic nitrogens is 1. The molecule has 1 atom stereocenters. The second kappa shape index (κ2) is 6.35. The number of amides is 1. The van der Waals surface area contributed by atoms with Crippen molar-refractivity contribution < 1.29 is 9.18 Å². The van der Waals surface area contributed by atoms with E-state index in [1.807, 2.05) is 23.1 Å². The van der Waals surface area contributed by atoms with Gasteiger partial charge in [0.05, 0.1) is 18.3 Å². The highest BCUT2D eigenvalue weighted by Gasteiger charge is 2.37. The molecule has 0 aliphatic carbocycles. The van der Waals surface area contributed by atoms with Gasteiger partial charge in [0.25, 0.3) is 0 Å². The average molecular weight is 361 g/mol. The molecule has 2 aliphatic heterocycles. The maximum Gasteiger partial charge on any atom is 0.237 e. The summed E-state index contributed by atoms with van der Waals surface area (Å²) in [5, 5.41) is 0. The third kappa shape index (κ3) is 2.84. The van der Waals surface area contributed by atoms with Crippen LogP contribution in [0.3, 0.4) is 0 Å². The first-order valence-electron chi connectivity index (χ1n) is 9.21. The van der Waals surface area contributed by atoms with Gasteiger partial charge in [0.1, 0.15) is 5.82 Å². The van der Waals surface area contributed by atoms with E-state index < -0.39 is 0 Å². The Hall–Kier alpha value is -2.92. The summed E-state index contributed by atoms with van der Waals surface area (Å²) in [5.41, 5.74) is 4.46. The van der Waals surface area contributed by atoms with Gasteiger partial charge in [-0.2, -0.15) is 0 Å². The molecule has 4 nitrogen and oxygen atoms in total. The number of nitrogens with zero attached hydrogens (tertiary/aromatic N) is 3. The van der Waals surface area contributed by atoms with Crippen LogP contribution in [0.15, 0.2) is 66.9 Å². The molecule has 1 saturated heterocycles. The number of para-hydroxylation sites is 1. The molecule has 1 amide bonds. The Bertz CT molecular complexity index is 995. The van der Waals surface area contributed by atoms with Crippen molar-refractivity contribution in [2.75, 3.05) is 13.1 Å². The average Bonchev–Trinajstić information content (AvgIpc) is 3.11. The fraction of sp³-hybridized carbons (Fsp3) is 0.227. The maximum absolute atomic E-state index is 13.2. The lowest BCUT2D eigenvalue weighted by molar-refractivity contribution is -0.141. The number of piperazine rings is 1. The number of carbonyl (C=O) groups is 1. The smallest absolute Gasteiger partial charge is 0.237 e. The van der Waals surface area contributed by atoms with Crippen LogP contribution in [0.5, 0.6) is 0 Å². The number of hydrogen-bond donors (Lipinski definition) is 0. The van der Waals surface area contributed by atoms with Crippen LogP contribution in [-0.4, -0.2) is 33.4 Å². The van der Waals surface area contributed by atoms with Crippen LogP contribution >= 0.6 is 0 Å². The van der Waals surface area contributed by atoms with Gasteiger partial charge in [0.15, 0.2) is 0 Å². The minimum atomic E-state index is -0.237. The summed E-state index contributed by atoms with van der Waals surface area (Å²) in [7, 11) is 0. The molecule has 0 saturated carbocycles. The van der Waals surface area contributed by atoms with E-state index >= 15 is 0 Å². The highest BCUT2D eigenvalue weighted by Crippen LogP contribution is 2.35. The van der Waals surface area contributed by atoms with Gasteiger partial charge >= 0.3 is 0 Å². The van der Waals surface area contributed by atoms with Crippen molar-refractivity contribution in [3.8, 4) is 5.69 Å². The second-order valence-electron chi connectivity index (χ2n) is 7.27. The van der Waals surface area contributed by atoms with E-state index in [2.05, 4.69) is 33.9 Å². The van der Waals surface area contributed by atoms with Crippen LogP contribution in [0.25, 0.3) is 5.69 Å². The minimum Gasteiger partial charge on any atom is -0.327 e. The summed E-state index contributed by atoms with van der Waals surface area (Å²) in [5.74, 6) is -0.100. The minimum absolute atomic E-state index is 0.00842. The van der Waals surface area contributed by atoms with Gasteiger partial charge in [0, 0.05) is 31.5 Å². The Balaban J connectivity index is 1.48. The Morgan fingerprint density at radius 3 is 2.63 bits per heavy atom. The SMILES string of the molecule is O=C1CN(Cc2ccc(F)cc2)CC2c3cccn3-c3ccccc3CN12. The molecule has 2 aliphatic rings. The molecule has 0 N–H and O–H groups in total. The third-order valence-corrected chi connectivity index (χ3v) is 5.52. The second-order valence-corrected chi connectivity index (χ2v) is 7.27. The van der Waals surface area contributed by atoms with Gasteiger partial charge in [-0.25, -0.2) is 4.39 Å². The summed E-state index contributed by atoms with van der Waals surface area (Å²) in [6.07, 6.45) is 2.07. The standard InChI is InChI=1S/C22H20FN3O/c23-18-9-7-16(8-10-18)12-24-14-21-20-6-3-11-25(20)19-5-2-1-4-17(19)13-26(21)22(27)15-24/h1-11,21H,12-15H2. The number of carbonyl (C=O) groups excluding carboxylic acids is 1. The van der Waals surface area contributed by atoms with Crippen molar-refractivity contribution in [1.29, 1.82) is 0 Å². The van der Waals surface area contributed by atoms with E-state index in [1.54, 1.807) is 12.1 Å². The molecule has 0 radical (unpaired) electrons. The number of benzene rings is 2. The number of fused-ring (bicyclic) bond motifs is 5. The lowest BCUT2D eigenvalue weighted by Crippen LogP contribution is -2.51. The van der Waals surface area contributed by atoms with E-state index in [0.29, 0.717) is 19.6 Å². The monoisotopic (exact) mass is 361 g/mol. The molecule has 136 valence electrons. The van der Waals surface area contributed by atoms with Crippen LogP contribution in [0.4, 0.5) is 4.39 Å². The first-order valence-corrected chi connectivity index (χ1v) is 9.21.